The van der Waals surface area contributed by atoms with Gasteiger partial charge in [-0.3, -0.25) is 4.79 Å². The summed E-state index contributed by atoms with van der Waals surface area (Å²) in [5, 5.41) is 18.3. The summed E-state index contributed by atoms with van der Waals surface area (Å²) >= 11 is 0. The van der Waals surface area contributed by atoms with Crippen molar-refractivity contribution in [3.8, 4) is 17.6 Å². The largest absolute Gasteiger partial charge is 0.506 e. The summed E-state index contributed by atoms with van der Waals surface area (Å²) < 4.78 is 33.2. The van der Waals surface area contributed by atoms with Crippen LogP contribution in [0.4, 0.5) is 8.78 Å². The molecular formula is C12H11F2NO4. The number of hydrogen-bond donors (Lipinski definition) is 1. The molecule has 0 aromatic heterocycles. The Morgan fingerprint density at radius 3 is 2.74 bits per heavy atom. The SMILES string of the molecule is CCOC(=O)Cc1cc(O)c(C#N)c(OC(F)F)c1. The van der Waals surface area contributed by atoms with Crippen LogP contribution in [-0.4, -0.2) is 24.3 Å². The predicted molar refractivity (Wildman–Crippen MR) is 59.8 cm³/mol. The molecule has 0 unspecified atom stereocenters. The van der Waals surface area contributed by atoms with Gasteiger partial charge in [-0.1, -0.05) is 0 Å². The maximum Gasteiger partial charge on any atom is 0.387 e. The first-order valence-electron chi connectivity index (χ1n) is 5.34. The molecule has 0 saturated carbocycles. The average molecular weight is 271 g/mol. The number of nitriles is 1. The second-order valence-electron chi connectivity index (χ2n) is 3.46. The van der Waals surface area contributed by atoms with E-state index in [1.807, 2.05) is 0 Å². The summed E-state index contributed by atoms with van der Waals surface area (Å²) in [5.74, 6) is -1.58. The molecule has 1 N–H and O–H groups in total. The molecule has 0 saturated heterocycles. The van der Waals surface area contributed by atoms with Crippen LogP contribution in [0.5, 0.6) is 11.5 Å². The zero-order valence-corrected chi connectivity index (χ0v) is 10.0. The minimum absolute atomic E-state index is 0.182. The van der Waals surface area contributed by atoms with E-state index >= 15 is 0 Å². The maximum absolute atomic E-state index is 12.2. The molecule has 1 aromatic carbocycles. The minimum Gasteiger partial charge on any atom is -0.506 e. The number of alkyl halides is 2. The standard InChI is InChI=1S/C12H11F2NO4/c1-2-18-11(17)5-7-3-9(16)8(6-15)10(4-7)19-12(13)14/h3-4,12,16H,2,5H2,1H3. The van der Waals surface area contributed by atoms with E-state index in [9.17, 15) is 18.7 Å². The van der Waals surface area contributed by atoms with E-state index in [1.165, 1.54) is 0 Å². The number of aromatic hydroxyl groups is 1. The van der Waals surface area contributed by atoms with Crippen molar-refractivity contribution in [1.29, 1.82) is 5.26 Å². The number of ether oxygens (including phenoxy) is 2. The number of carbonyl (C=O) groups is 1. The van der Waals surface area contributed by atoms with Gasteiger partial charge in [-0.15, -0.1) is 0 Å². The molecule has 19 heavy (non-hydrogen) atoms. The fraction of sp³-hybridized carbons (Fsp3) is 0.333. The normalized spacial score (nSPS) is 10.1. The van der Waals surface area contributed by atoms with Crippen molar-refractivity contribution in [3.05, 3.63) is 23.3 Å². The minimum atomic E-state index is -3.13. The number of halogens is 2. The van der Waals surface area contributed by atoms with Gasteiger partial charge in [0.15, 0.2) is 0 Å². The molecule has 7 heteroatoms. The van der Waals surface area contributed by atoms with Gasteiger partial charge >= 0.3 is 12.6 Å². The molecule has 0 amide bonds. The molecule has 0 spiro atoms. The summed E-state index contributed by atoms with van der Waals surface area (Å²) in [6.45, 7) is -1.33. The Morgan fingerprint density at radius 2 is 2.21 bits per heavy atom. The fourth-order valence-corrected chi connectivity index (χ4v) is 1.44. The Balaban J connectivity index is 3.05. The first-order valence-corrected chi connectivity index (χ1v) is 5.34. The van der Waals surface area contributed by atoms with Gasteiger partial charge in [-0.2, -0.15) is 14.0 Å². The lowest BCUT2D eigenvalue weighted by atomic mass is 10.1. The first-order chi connectivity index (χ1) is 8.97. The Kier molecular flexibility index (Phi) is 5.06. The highest BCUT2D eigenvalue weighted by molar-refractivity contribution is 5.73. The molecule has 0 aliphatic heterocycles. The van der Waals surface area contributed by atoms with Crippen LogP contribution in [0, 0.1) is 11.3 Å². The van der Waals surface area contributed by atoms with Gasteiger partial charge in [-0.25, -0.2) is 0 Å². The Bertz CT molecular complexity index is 511. The van der Waals surface area contributed by atoms with Crippen molar-refractivity contribution in [1.82, 2.24) is 0 Å². The van der Waals surface area contributed by atoms with E-state index in [0.717, 1.165) is 12.1 Å². The summed E-state index contributed by atoms with van der Waals surface area (Å²) in [6, 6.07) is 3.78. The van der Waals surface area contributed by atoms with E-state index in [0.29, 0.717) is 0 Å². The third-order valence-electron chi connectivity index (χ3n) is 2.12. The molecule has 0 heterocycles. The van der Waals surface area contributed by atoms with E-state index in [2.05, 4.69) is 9.47 Å². The van der Waals surface area contributed by atoms with Gasteiger partial charge in [0.25, 0.3) is 0 Å². The van der Waals surface area contributed by atoms with Gasteiger partial charge < -0.3 is 14.6 Å². The van der Waals surface area contributed by atoms with Gasteiger partial charge in [-0.05, 0) is 24.6 Å². The number of carbonyl (C=O) groups excluding carboxylic acids is 1. The molecule has 1 rings (SSSR count). The Morgan fingerprint density at radius 1 is 1.53 bits per heavy atom. The van der Waals surface area contributed by atoms with Crippen molar-refractivity contribution in [2.75, 3.05) is 6.61 Å². The number of esters is 1. The monoisotopic (exact) mass is 271 g/mol. The highest BCUT2D eigenvalue weighted by atomic mass is 19.3. The van der Waals surface area contributed by atoms with Gasteiger partial charge in [0.05, 0.1) is 13.0 Å². The zero-order valence-electron chi connectivity index (χ0n) is 10.0. The molecule has 0 fully saturated rings. The highest BCUT2D eigenvalue weighted by Gasteiger charge is 2.16. The number of hydrogen-bond acceptors (Lipinski definition) is 5. The van der Waals surface area contributed by atoms with Crippen LogP contribution in [0.25, 0.3) is 0 Å². The highest BCUT2D eigenvalue weighted by Crippen LogP contribution is 2.30. The molecule has 1 aromatic rings. The lowest BCUT2D eigenvalue weighted by Crippen LogP contribution is -2.09. The average Bonchev–Trinajstić information content (AvgIpc) is 2.27. The molecular weight excluding hydrogens is 260 g/mol. The van der Waals surface area contributed by atoms with Crippen molar-refractivity contribution < 1.29 is 28.2 Å². The van der Waals surface area contributed by atoms with Crippen molar-refractivity contribution in [2.45, 2.75) is 20.0 Å². The van der Waals surface area contributed by atoms with Crippen LogP contribution >= 0.6 is 0 Å². The van der Waals surface area contributed by atoms with Crippen LogP contribution in [0.3, 0.4) is 0 Å². The lowest BCUT2D eigenvalue weighted by Gasteiger charge is -2.10. The molecule has 0 radical (unpaired) electrons. The summed E-state index contributed by atoms with van der Waals surface area (Å²) in [6.07, 6.45) is -0.216. The maximum atomic E-state index is 12.2. The smallest absolute Gasteiger partial charge is 0.387 e. The van der Waals surface area contributed by atoms with Gasteiger partial charge in [0, 0.05) is 0 Å². The fourth-order valence-electron chi connectivity index (χ4n) is 1.44. The van der Waals surface area contributed by atoms with Crippen molar-refractivity contribution in [2.24, 2.45) is 0 Å². The van der Waals surface area contributed by atoms with E-state index < -0.39 is 29.6 Å². The van der Waals surface area contributed by atoms with Crippen LogP contribution in [0.15, 0.2) is 12.1 Å². The third kappa shape index (κ3) is 4.10. The number of rotatable bonds is 5. The summed E-state index contributed by atoms with van der Waals surface area (Å²) in [7, 11) is 0. The lowest BCUT2D eigenvalue weighted by molar-refractivity contribution is -0.142. The van der Waals surface area contributed by atoms with Crippen molar-refractivity contribution >= 4 is 5.97 Å². The van der Waals surface area contributed by atoms with E-state index in [1.54, 1.807) is 13.0 Å². The van der Waals surface area contributed by atoms with Gasteiger partial charge in [0.1, 0.15) is 23.1 Å². The Hall–Kier alpha value is -2.36. The molecule has 0 aliphatic rings. The number of benzene rings is 1. The number of phenolic OH excluding ortho intramolecular Hbond substituents is 1. The molecule has 0 atom stereocenters. The molecule has 0 aliphatic carbocycles. The quantitative estimate of drug-likeness (QED) is 0.828. The van der Waals surface area contributed by atoms with Gasteiger partial charge in [0.2, 0.25) is 0 Å². The van der Waals surface area contributed by atoms with E-state index in [-0.39, 0.29) is 18.6 Å². The number of phenols is 1. The summed E-state index contributed by atoms with van der Waals surface area (Å²) in [4.78, 5) is 11.3. The van der Waals surface area contributed by atoms with Crippen LogP contribution < -0.4 is 4.74 Å². The number of nitrogens with zero attached hydrogens (tertiary/aromatic N) is 1. The Labute approximate surface area is 108 Å². The molecule has 102 valence electrons. The van der Waals surface area contributed by atoms with Crippen molar-refractivity contribution in [3.63, 3.8) is 0 Å². The molecule has 5 nitrogen and oxygen atoms in total. The predicted octanol–water partition coefficient (Wildman–Crippen LogP) is 1.97. The van der Waals surface area contributed by atoms with E-state index in [4.69, 9.17) is 5.26 Å². The zero-order chi connectivity index (χ0) is 14.4. The van der Waals surface area contributed by atoms with Crippen LogP contribution in [0.1, 0.15) is 18.1 Å². The molecule has 0 bridgehead atoms. The first kappa shape index (κ1) is 14.7. The second-order valence-corrected chi connectivity index (χ2v) is 3.46. The second kappa shape index (κ2) is 6.54. The van der Waals surface area contributed by atoms with Crippen LogP contribution in [-0.2, 0) is 16.0 Å². The van der Waals surface area contributed by atoms with Crippen LogP contribution in [0.2, 0.25) is 0 Å². The third-order valence-corrected chi connectivity index (χ3v) is 2.12. The summed E-state index contributed by atoms with van der Waals surface area (Å²) in [5.41, 5.74) is -0.196. The topological polar surface area (TPSA) is 79.5 Å².